The van der Waals surface area contributed by atoms with Gasteiger partial charge in [0.15, 0.2) is 36.3 Å². The Bertz CT molecular complexity index is 1590. The maximum absolute atomic E-state index is 13.9. The normalized spacial score (nSPS) is 30.5. The first-order valence-electron chi connectivity index (χ1n) is 15.4. The van der Waals surface area contributed by atoms with Crippen molar-refractivity contribution in [3.05, 3.63) is 71.8 Å². The number of methoxy groups -OCH3 is 1. The highest BCUT2D eigenvalue weighted by atomic mass is 16.7. The van der Waals surface area contributed by atoms with Crippen LogP contribution in [-0.2, 0) is 65.5 Å². The van der Waals surface area contributed by atoms with Crippen molar-refractivity contribution in [1.82, 2.24) is 10.2 Å². The van der Waals surface area contributed by atoms with E-state index in [1.54, 1.807) is 0 Å². The third kappa shape index (κ3) is 6.37. The molecule has 1 amide bonds. The van der Waals surface area contributed by atoms with E-state index in [1.807, 2.05) is 60.7 Å². The lowest BCUT2D eigenvalue weighted by molar-refractivity contribution is -0.282. The molecule has 14 heteroatoms. The number of esters is 4. The summed E-state index contributed by atoms with van der Waals surface area (Å²) >= 11 is 0. The third-order valence-corrected chi connectivity index (χ3v) is 8.79. The number of rotatable bonds is 9. The molecule has 0 aromatic heterocycles. The molecule has 2 saturated heterocycles. The van der Waals surface area contributed by atoms with E-state index in [2.05, 4.69) is 5.32 Å². The summed E-state index contributed by atoms with van der Waals surface area (Å²) in [6.45, 7) is 6.40. The van der Waals surface area contributed by atoms with Crippen LogP contribution in [0.5, 0.6) is 0 Å². The number of guanidine groups is 1. The van der Waals surface area contributed by atoms with Gasteiger partial charge in [-0.25, -0.2) is 9.79 Å². The summed E-state index contributed by atoms with van der Waals surface area (Å²) in [6.07, 6.45) is -7.14. The second kappa shape index (κ2) is 13.7. The molecule has 3 fully saturated rings. The lowest BCUT2D eigenvalue weighted by Gasteiger charge is -2.60. The number of ether oxygens (including phenoxy) is 6. The number of nitrogens with zero attached hydrogens (tertiary/aromatic N) is 2. The van der Waals surface area contributed by atoms with Gasteiger partial charge in [-0.3, -0.25) is 24.1 Å². The van der Waals surface area contributed by atoms with Gasteiger partial charge in [0, 0.05) is 34.8 Å². The van der Waals surface area contributed by atoms with Crippen molar-refractivity contribution in [2.24, 2.45) is 10.9 Å². The second-order valence-corrected chi connectivity index (χ2v) is 12.1. The van der Waals surface area contributed by atoms with Gasteiger partial charge in [-0.1, -0.05) is 60.7 Å². The Kier molecular flexibility index (Phi) is 9.87. The number of carbonyl (C=O) groups is 5. The first-order valence-corrected chi connectivity index (χ1v) is 15.4. The first-order chi connectivity index (χ1) is 22.8. The molecule has 2 unspecified atom stereocenters. The summed E-state index contributed by atoms with van der Waals surface area (Å²) in [5.41, 5.74) is -2.13. The summed E-state index contributed by atoms with van der Waals surface area (Å²) in [5, 5.41) is 3.32. The average Bonchev–Trinajstić information content (AvgIpc) is 3.27. The molecule has 1 N–H and O–H groups in total. The van der Waals surface area contributed by atoms with E-state index in [0.29, 0.717) is 0 Å². The Hall–Kier alpha value is -4.82. The smallest absolute Gasteiger partial charge is 0.338 e. The number of nitrogens with one attached hydrogen (secondary N) is 1. The van der Waals surface area contributed by atoms with Crippen LogP contribution in [0.1, 0.15) is 45.7 Å². The molecule has 4 bridgehead atoms. The van der Waals surface area contributed by atoms with E-state index >= 15 is 0 Å². The number of benzene rings is 2. The van der Waals surface area contributed by atoms with Crippen LogP contribution in [0.25, 0.3) is 0 Å². The SMILES string of the molecule is CO[C@H]1O[C@@H]2C(=O)O[C@@H]3C1[C@@]2(NC(=NCc1ccccc1)N(Cc1ccccc1)C(C)=O)[C@@H](OC(C)=O)C(OC(C)=O)[C@@]3(C)OC(C)=O. The molecule has 0 spiro atoms. The maximum Gasteiger partial charge on any atom is 0.338 e. The van der Waals surface area contributed by atoms with Crippen LogP contribution in [0.15, 0.2) is 65.7 Å². The van der Waals surface area contributed by atoms with Crippen molar-refractivity contribution in [2.45, 2.75) is 89.6 Å². The third-order valence-electron chi connectivity index (χ3n) is 8.79. The van der Waals surface area contributed by atoms with E-state index in [9.17, 15) is 24.0 Å². The molecule has 1 saturated carbocycles. The zero-order valence-corrected chi connectivity index (χ0v) is 27.5. The molecule has 2 aliphatic heterocycles. The Morgan fingerprint density at radius 1 is 0.875 bits per heavy atom. The molecule has 5 rings (SSSR count). The molecule has 3 aliphatic rings. The highest BCUT2D eigenvalue weighted by Gasteiger charge is 2.81. The number of carbonyl (C=O) groups excluding carboxylic acids is 5. The van der Waals surface area contributed by atoms with Crippen LogP contribution in [0.2, 0.25) is 0 Å². The monoisotopic (exact) mass is 665 g/mol. The topological polar surface area (TPSA) is 168 Å². The summed E-state index contributed by atoms with van der Waals surface area (Å²) in [7, 11) is 1.36. The quantitative estimate of drug-likeness (QED) is 0.179. The molecule has 14 nitrogen and oxygen atoms in total. The van der Waals surface area contributed by atoms with Crippen LogP contribution >= 0.6 is 0 Å². The Balaban J connectivity index is 1.75. The molecule has 1 aliphatic carbocycles. The highest BCUT2D eigenvalue weighted by Crippen LogP contribution is 2.57. The number of hydrogen-bond donors (Lipinski definition) is 1. The van der Waals surface area contributed by atoms with Crippen molar-refractivity contribution in [3.8, 4) is 0 Å². The molecule has 0 radical (unpaired) electrons. The summed E-state index contributed by atoms with van der Waals surface area (Å²) < 4.78 is 35.3. The van der Waals surface area contributed by atoms with Crippen LogP contribution in [0.3, 0.4) is 0 Å². The number of amides is 1. The Labute approximate surface area is 277 Å². The van der Waals surface area contributed by atoms with E-state index in [4.69, 9.17) is 33.4 Å². The predicted octanol–water partition coefficient (Wildman–Crippen LogP) is 2.03. The fraction of sp³-hybridized carbons (Fsp3) is 0.471. The van der Waals surface area contributed by atoms with E-state index in [0.717, 1.165) is 31.9 Å². The highest BCUT2D eigenvalue weighted by molar-refractivity contribution is 5.97. The minimum atomic E-state index is -1.88. The van der Waals surface area contributed by atoms with Crippen molar-refractivity contribution >= 4 is 35.7 Å². The zero-order valence-electron chi connectivity index (χ0n) is 27.5. The Morgan fingerprint density at radius 3 is 2.00 bits per heavy atom. The van der Waals surface area contributed by atoms with E-state index in [1.165, 1.54) is 25.9 Å². The zero-order chi connectivity index (χ0) is 34.8. The van der Waals surface area contributed by atoms with Gasteiger partial charge < -0.3 is 33.7 Å². The van der Waals surface area contributed by atoms with Gasteiger partial charge in [-0.2, -0.15) is 0 Å². The van der Waals surface area contributed by atoms with E-state index in [-0.39, 0.29) is 19.0 Å². The van der Waals surface area contributed by atoms with Crippen molar-refractivity contribution in [1.29, 1.82) is 0 Å². The molecule has 8 atom stereocenters. The second-order valence-electron chi connectivity index (χ2n) is 12.1. The van der Waals surface area contributed by atoms with Gasteiger partial charge in [0.05, 0.1) is 19.0 Å². The standard InChI is InChI=1S/C34H39N3O11/c1-19(38)37(18-24-15-11-8-12-16-24)32(35-17-23-13-9-7-10-14-23)36-34-25-26(46-30(42)29(34)47-31(25)43-6)33(5,48-22(4)41)27(44-20(2)39)28(34)45-21(3)40/h7-16,25-29,31H,17-18H2,1-6H3,(H,35,36)/t25?,26-,27?,28+,29-,31+,33+,34-/m1/s1. The molecule has 256 valence electrons. The van der Waals surface area contributed by atoms with Crippen LogP contribution < -0.4 is 5.32 Å². The fourth-order valence-electron chi connectivity index (χ4n) is 6.94. The van der Waals surface area contributed by atoms with Crippen molar-refractivity contribution in [3.63, 3.8) is 0 Å². The molecule has 2 heterocycles. The van der Waals surface area contributed by atoms with Crippen LogP contribution in [-0.4, -0.2) is 89.6 Å². The minimum Gasteiger partial charge on any atom is -0.456 e. The lowest BCUT2D eigenvalue weighted by atomic mass is 9.59. The van der Waals surface area contributed by atoms with E-state index < -0.39 is 77.5 Å². The average molecular weight is 666 g/mol. The largest absolute Gasteiger partial charge is 0.456 e. The fourth-order valence-corrected chi connectivity index (χ4v) is 6.94. The van der Waals surface area contributed by atoms with Gasteiger partial charge in [-0.05, 0) is 18.1 Å². The summed E-state index contributed by atoms with van der Waals surface area (Å²) in [5.74, 6) is -4.71. The number of aliphatic imine (C=N–C) groups is 1. The number of hydrogen-bond acceptors (Lipinski definition) is 12. The Morgan fingerprint density at radius 2 is 1.46 bits per heavy atom. The molecule has 2 aromatic carbocycles. The van der Waals surface area contributed by atoms with Gasteiger partial charge >= 0.3 is 23.9 Å². The molecular weight excluding hydrogens is 626 g/mol. The van der Waals surface area contributed by atoms with Crippen molar-refractivity contribution < 1.29 is 52.4 Å². The summed E-state index contributed by atoms with van der Waals surface area (Å²) in [6, 6.07) is 18.5. The molecule has 48 heavy (non-hydrogen) atoms. The first kappa shape index (κ1) is 34.5. The molecule has 2 aromatic rings. The van der Waals surface area contributed by atoms with Gasteiger partial charge in [0.2, 0.25) is 11.9 Å². The lowest BCUT2D eigenvalue weighted by Crippen LogP contribution is -2.85. The molecular formula is C34H39N3O11. The van der Waals surface area contributed by atoms with Crippen LogP contribution in [0, 0.1) is 5.92 Å². The van der Waals surface area contributed by atoms with Crippen LogP contribution in [0.4, 0.5) is 0 Å². The summed E-state index contributed by atoms with van der Waals surface area (Å²) in [4.78, 5) is 71.5. The minimum absolute atomic E-state index is 0.00817. The maximum atomic E-state index is 13.9. The predicted molar refractivity (Wildman–Crippen MR) is 166 cm³/mol. The van der Waals surface area contributed by atoms with Gasteiger partial charge in [0.1, 0.15) is 5.54 Å². The van der Waals surface area contributed by atoms with Crippen molar-refractivity contribution in [2.75, 3.05) is 7.11 Å². The van der Waals surface area contributed by atoms with Gasteiger partial charge in [0.25, 0.3) is 0 Å². The van der Waals surface area contributed by atoms with Gasteiger partial charge in [-0.15, -0.1) is 0 Å².